The molecule has 1 N–H and O–H groups in total. The Morgan fingerprint density at radius 3 is 2.33 bits per heavy atom. The molecule has 0 radical (unpaired) electrons. The molecule has 0 spiro atoms. The third-order valence-corrected chi connectivity index (χ3v) is 2.93. The minimum absolute atomic E-state index is 0.0579. The van der Waals surface area contributed by atoms with Crippen LogP contribution in [0.4, 0.5) is 24.7 Å². The maximum atomic E-state index is 12.7. The molecule has 0 amide bonds. The zero-order valence-corrected chi connectivity index (χ0v) is 11.2. The van der Waals surface area contributed by atoms with Crippen molar-refractivity contribution in [1.29, 1.82) is 5.26 Å². The van der Waals surface area contributed by atoms with Crippen LogP contribution in [0.5, 0.6) is 0 Å². The fraction of sp³-hybridized carbons (Fsp3) is 0.200. The molecule has 1 aromatic carbocycles. The third kappa shape index (κ3) is 3.51. The Labute approximate surface area is 120 Å². The zero-order chi connectivity index (χ0) is 15.5. The molecule has 0 saturated carbocycles. The molecule has 2 aromatic rings. The average molecular weight is 291 g/mol. The number of halogens is 3. The number of alkyl halides is 3. The van der Waals surface area contributed by atoms with Crippen molar-refractivity contribution in [3.63, 3.8) is 0 Å². The molecule has 0 aliphatic carbocycles. The van der Waals surface area contributed by atoms with E-state index < -0.39 is 11.9 Å². The standard InChI is InChI=1S/C15H12F3N3/c1-2-10-3-6-12(7-4-10)20-14-11(9-19)5-8-13(21-14)15(16,17)18/h3-8H,2H2,1H3,(H,20,21). The molecule has 2 rings (SSSR count). The average Bonchev–Trinajstić information content (AvgIpc) is 2.47. The summed E-state index contributed by atoms with van der Waals surface area (Å²) in [5.74, 6) is -0.100. The highest BCUT2D eigenvalue weighted by atomic mass is 19.4. The lowest BCUT2D eigenvalue weighted by molar-refractivity contribution is -0.141. The van der Waals surface area contributed by atoms with Crippen LogP contribution in [-0.2, 0) is 12.6 Å². The predicted molar refractivity (Wildman–Crippen MR) is 73.1 cm³/mol. The summed E-state index contributed by atoms with van der Waals surface area (Å²) in [6.45, 7) is 2.00. The van der Waals surface area contributed by atoms with E-state index in [-0.39, 0.29) is 11.4 Å². The van der Waals surface area contributed by atoms with E-state index >= 15 is 0 Å². The van der Waals surface area contributed by atoms with E-state index in [0.717, 1.165) is 24.1 Å². The lowest BCUT2D eigenvalue weighted by atomic mass is 10.1. The van der Waals surface area contributed by atoms with Crippen molar-refractivity contribution < 1.29 is 13.2 Å². The van der Waals surface area contributed by atoms with Gasteiger partial charge in [0, 0.05) is 5.69 Å². The van der Waals surface area contributed by atoms with Gasteiger partial charge < -0.3 is 5.32 Å². The maximum Gasteiger partial charge on any atom is 0.433 e. The van der Waals surface area contributed by atoms with Crippen LogP contribution in [0.3, 0.4) is 0 Å². The molecular formula is C15H12F3N3. The fourth-order valence-corrected chi connectivity index (χ4v) is 1.76. The van der Waals surface area contributed by atoms with Gasteiger partial charge in [-0.3, -0.25) is 0 Å². The molecule has 0 fully saturated rings. The summed E-state index contributed by atoms with van der Waals surface area (Å²) in [7, 11) is 0. The molecule has 3 nitrogen and oxygen atoms in total. The number of nitriles is 1. The highest BCUT2D eigenvalue weighted by Gasteiger charge is 2.33. The summed E-state index contributed by atoms with van der Waals surface area (Å²) in [4.78, 5) is 3.49. The van der Waals surface area contributed by atoms with Gasteiger partial charge in [0.05, 0.1) is 5.56 Å². The van der Waals surface area contributed by atoms with Crippen LogP contribution < -0.4 is 5.32 Å². The summed E-state index contributed by atoms with van der Waals surface area (Å²) < 4.78 is 38.0. The van der Waals surface area contributed by atoms with Crippen molar-refractivity contribution in [2.45, 2.75) is 19.5 Å². The monoisotopic (exact) mass is 291 g/mol. The van der Waals surface area contributed by atoms with Gasteiger partial charge >= 0.3 is 6.18 Å². The molecular weight excluding hydrogens is 279 g/mol. The number of aryl methyl sites for hydroxylation is 1. The van der Waals surface area contributed by atoms with Gasteiger partial charge in [0.15, 0.2) is 0 Å². The van der Waals surface area contributed by atoms with Crippen LogP contribution in [0.2, 0.25) is 0 Å². The number of rotatable bonds is 3. The SMILES string of the molecule is CCc1ccc(Nc2nc(C(F)(F)F)ccc2C#N)cc1. The molecule has 0 saturated heterocycles. The largest absolute Gasteiger partial charge is 0.433 e. The van der Waals surface area contributed by atoms with Crippen molar-refractivity contribution in [2.75, 3.05) is 5.32 Å². The second kappa shape index (κ2) is 5.83. The predicted octanol–water partition coefficient (Wildman–Crippen LogP) is 4.28. The second-order valence-corrected chi connectivity index (χ2v) is 4.38. The molecule has 0 aliphatic rings. The van der Waals surface area contributed by atoms with E-state index in [4.69, 9.17) is 5.26 Å². The number of nitrogens with zero attached hydrogens (tertiary/aromatic N) is 2. The summed E-state index contributed by atoms with van der Waals surface area (Å²) in [5.41, 5.74) is 0.713. The maximum absolute atomic E-state index is 12.7. The van der Waals surface area contributed by atoms with Gasteiger partial charge in [-0.1, -0.05) is 19.1 Å². The minimum Gasteiger partial charge on any atom is -0.339 e. The van der Waals surface area contributed by atoms with Gasteiger partial charge in [-0.15, -0.1) is 0 Å². The molecule has 108 valence electrons. The Bertz CT molecular complexity index is 670. The van der Waals surface area contributed by atoms with Crippen molar-refractivity contribution >= 4 is 11.5 Å². The number of anilines is 2. The van der Waals surface area contributed by atoms with E-state index in [1.165, 1.54) is 0 Å². The normalized spacial score (nSPS) is 11.0. The molecule has 0 aliphatic heterocycles. The van der Waals surface area contributed by atoms with E-state index in [1.54, 1.807) is 12.1 Å². The van der Waals surface area contributed by atoms with Crippen LogP contribution in [0, 0.1) is 11.3 Å². The van der Waals surface area contributed by atoms with E-state index in [0.29, 0.717) is 5.69 Å². The topological polar surface area (TPSA) is 48.7 Å². The Morgan fingerprint density at radius 2 is 1.81 bits per heavy atom. The Kier molecular flexibility index (Phi) is 4.13. The number of nitrogens with one attached hydrogen (secondary N) is 1. The summed E-state index contributed by atoms with van der Waals surface area (Å²) in [6.07, 6.45) is -3.68. The lowest BCUT2D eigenvalue weighted by Gasteiger charge is -2.11. The van der Waals surface area contributed by atoms with E-state index in [1.807, 2.05) is 25.1 Å². The molecule has 0 atom stereocenters. The Hall–Kier alpha value is -2.55. The van der Waals surface area contributed by atoms with Crippen molar-refractivity contribution in [3.8, 4) is 6.07 Å². The number of aromatic nitrogens is 1. The van der Waals surface area contributed by atoms with Crippen LogP contribution in [-0.4, -0.2) is 4.98 Å². The summed E-state index contributed by atoms with van der Waals surface area (Å²) in [5, 5.41) is 11.7. The molecule has 0 bridgehead atoms. The second-order valence-electron chi connectivity index (χ2n) is 4.38. The highest BCUT2D eigenvalue weighted by molar-refractivity contribution is 5.63. The van der Waals surface area contributed by atoms with Crippen molar-refractivity contribution in [3.05, 3.63) is 53.2 Å². The fourth-order valence-electron chi connectivity index (χ4n) is 1.76. The molecule has 21 heavy (non-hydrogen) atoms. The Morgan fingerprint density at radius 1 is 1.14 bits per heavy atom. The number of benzene rings is 1. The molecule has 6 heteroatoms. The highest BCUT2D eigenvalue weighted by Crippen LogP contribution is 2.30. The lowest BCUT2D eigenvalue weighted by Crippen LogP contribution is -2.10. The van der Waals surface area contributed by atoms with Gasteiger partial charge in [0.2, 0.25) is 0 Å². The smallest absolute Gasteiger partial charge is 0.339 e. The summed E-state index contributed by atoms with van der Waals surface area (Å²) >= 11 is 0. The minimum atomic E-state index is -4.55. The van der Waals surface area contributed by atoms with Crippen LogP contribution >= 0.6 is 0 Å². The number of hydrogen-bond acceptors (Lipinski definition) is 3. The van der Waals surface area contributed by atoms with Crippen molar-refractivity contribution in [2.24, 2.45) is 0 Å². The molecule has 0 unspecified atom stereocenters. The van der Waals surface area contributed by atoms with Gasteiger partial charge in [-0.05, 0) is 36.2 Å². The molecule has 1 heterocycles. The van der Waals surface area contributed by atoms with Crippen molar-refractivity contribution in [1.82, 2.24) is 4.98 Å². The van der Waals surface area contributed by atoms with Gasteiger partial charge in [0.1, 0.15) is 17.6 Å². The quantitative estimate of drug-likeness (QED) is 0.918. The first kappa shape index (κ1) is 14.9. The Balaban J connectivity index is 2.35. The van der Waals surface area contributed by atoms with E-state index in [2.05, 4.69) is 10.3 Å². The zero-order valence-electron chi connectivity index (χ0n) is 11.2. The summed E-state index contributed by atoms with van der Waals surface area (Å²) in [6, 6.07) is 10.9. The number of hydrogen-bond donors (Lipinski definition) is 1. The van der Waals surface area contributed by atoms with Crippen LogP contribution in [0.1, 0.15) is 23.7 Å². The van der Waals surface area contributed by atoms with Gasteiger partial charge in [-0.25, -0.2) is 4.98 Å². The van der Waals surface area contributed by atoms with Gasteiger partial charge in [0.25, 0.3) is 0 Å². The van der Waals surface area contributed by atoms with Gasteiger partial charge in [-0.2, -0.15) is 18.4 Å². The number of pyridine rings is 1. The first-order chi connectivity index (χ1) is 9.94. The molecule has 1 aromatic heterocycles. The first-order valence-corrected chi connectivity index (χ1v) is 6.28. The van der Waals surface area contributed by atoms with Crippen LogP contribution in [0.25, 0.3) is 0 Å². The van der Waals surface area contributed by atoms with Crippen LogP contribution in [0.15, 0.2) is 36.4 Å². The van der Waals surface area contributed by atoms with E-state index in [9.17, 15) is 13.2 Å². The first-order valence-electron chi connectivity index (χ1n) is 6.28. The third-order valence-electron chi connectivity index (χ3n) is 2.93.